The molecule has 1 aromatic carbocycles. The van der Waals surface area contributed by atoms with Crippen LogP contribution >= 0.6 is 11.3 Å². The van der Waals surface area contributed by atoms with Gasteiger partial charge in [0.05, 0.1) is 10.6 Å². The molecule has 0 unspecified atom stereocenters. The van der Waals surface area contributed by atoms with Gasteiger partial charge >= 0.3 is 5.97 Å². The van der Waals surface area contributed by atoms with E-state index in [1.165, 1.54) is 39.9 Å². The quantitative estimate of drug-likeness (QED) is 0.426. The highest BCUT2D eigenvalue weighted by Gasteiger charge is 2.27. The number of esters is 1. The van der Waals surface area contributed by atoms with E-state index in [0.717, 1.165) is 28.8 Å². The van der Waals surface area contributed by atoms with E-state index in [4.69, 9.17) is 4.74 Å². The highest BCUT2D eigenvalue weighted by molar-refractivity contribution is 7.89. The Morgan fingerprint density at radius 3 is 2.47 bits per heavy atom. The van der Waals surface area contributed by atoms with E-state index in [1.807, 2.05) is 6.92 Å². The number of rotatable bonds is 6. The van der Waals surface area contributed by atoms with Crippen LogP contribution in [-0.4, -0.2) is 54.0 Å². The van der Waals surface area contributed by atoms with Crippen LogP contribution in [0.15, 0.2) is 35.2 Å². The molecule has 0 atom stereocenters. The number of benzene rings is 1. The minimum atomic E-state index is -3.53. The first kappa shape index (κ1) is 20.7. The van der Waals surface area contributed by atoms with Crippen molar-refractivity contribution in [1.82, 2.24) is 14.1 Å². The van der Waals surface area contributed by atoms with Gasteiger partial charge in [-0.1, -0.05) is 0 Å². The molecule has 1 aliphatic rings. The van der Waals surface area contributed by atoms with Crippen molar-refractivity contribution >= 4 is 43.3 Å². The molecule has 0 radical (unpaired) electrons. The number of carbonyl (C=O) groups excluding carboxylic acids is 2. The zero-order chi connectivity index (χ0) is 21.5. The maximum Gasteiger partial charge on any atom is 0.348 e. The van der Waals surface area contributed by atoms with Crippen molar-refractivity contribution in [2.24, 2.45) is 7.05 Å². The van der Waals surface area contributed by atoms with Crippen molar-refractivity contribution < 1.29 is 22.7 Å². The van der Waals surface area contributed by atoms with E-state index in [0.29, 0.717) is 23.5 Å². The minimum absolute atomic E-state index is 0.159. The predicted molar refractivity (Wildman–Crippen MR) is 112 cm³/mol. The third-order valence-corrected chi connectivity index (χ3v) is 8.21. The number of thiophene rings is 1. The normalized spacial score (nSPS) is 15.0. The highest BCUT2D eigenvalue weighted by atomic mass is 32.2. The number of hydrogen-bond acceptors (Lipinski definition) is 7. The number of ketones is 1. The molecule has 4 rings (SSSR count). The molecule has 10 heteroatoms. The standard InChI is InChI=1S/C20H21N3O5S2/c1-13-16-11-18(29-19(16)22(2)21-13)20(25)28-12-17(24)14-5-7-15(8-6-14)30(26,27)23-9-3-4-10-23/h5-8,11H,3-4,9-10,12H2,1-2H3. The van der Waals surface area contributed by atoms with Crippen molar-refractivity contribution in [3.05, 3.63) is 46.5 Å². The van der Waals surface area contributed by atoms with E-state index in [-0.39, 0.29) is 4.90 Å². The number of sulfonamides is 1. The fraction of sp³-hybridized carbons (Fsp3) is 0.350. The van der Waals surface area contributed by atoms with Crippen LogP contribution in [0.5, 0.6) is 0 Å². The molecule has 0 saturated carbocycles. The van der Waals surface area contributed by atoms with E-state index >= 15 is 0 Å². The van der Waals surface area contributed by atoms with Crippen LogP contribution in [0.3, 0.4) is 0 Å². The van der Waals surface area contributed by atoms with Crippen molar-refractivity contribution in [2.45, 2.75) is 24.7 Å². The van der Waals surface area contributed by atoms with Crippen molar-refractivity contribution in [1.29, 1.82) is 0 Å². The molecular formula is C20H21N3O5S2. The molecule has 2 aromatic heterocycles. The Bertz CT molecular complexity index is 1180. The maximum atomic E-state index is 12.6. The Hall–Kier alpha value is -2.56. The smallest absolute Gasteiger partial charge is 0.348 e. The molecule has 3 heterocycles. The van der Waals surface area contributed by atoms with Crippen LogP contribution in [0.25, 0.3) is 10.2 Å². The zero-order valence-corrected chi connectivity index (χ0v) is 18.3. The Balaban J connectivity index is 1.41. The molecule has 30 heavy (non-hydrogen) atoms. The van der Waals surface area contributed by atoms with Gasteiger partial charge in [0.1, 0.15) is 9.71 Å². The van der Waals surface area contributed by atoms with Crippen LogP contribution in [-0.2, 0) is 21.8 Å². The summed E-state index contributed by atoms with van der Waals surface area (Å²) >= 11 is 1.26. The predicted octanol–water partition coefficient (Wildman–Crippen LogP) is 2.77. The summed E-state index contributed by atoms with van der Waals surface area (Å²) in [4.78, 5) is 26.1. The van der Waals surface area contributed by atoms with Gasteiger partial charge in [-0.15, -0.1) is 11.3 Å². The van der Waals surface area contributed by atoms with Crippen molar-refractivity contribution in [2.75, 3.05) is 19.7 Å². The van der Waals surface area contributed by atoms with Gasteiger partial charge in [0, 0.05) is 31.1 Å². The summed E-state index contributed by atoms with van der Waals surface area (Å²) < 4.78 is 33.4. The van der Waals surface area contributed by atoms with Crippen LogP contribution in [0, 0.1) is 6.92 Å². The Morgan fingerprint density at radius 1 is 1.17 bits per heavy atom. The average molecular weight is 448 g/mol. The Labute approximate surface area is 178 Å². The van der Waals surface area contributed by atoms with E-state index in [2.05, 4.69) is 5.10 Å². The fourth-order valence-electron chi connectivity index (χ4n) is 3.48. The number of carbonyl (C=O) groups is 2. The zero-order valence-electron chi connectivity index (χ0n) is 16.6. The van der Waals surface area contributed by atoms with Gasteiger partial charge in [-0.25, -0.2) is 13.2 Å². The van der Waals surface area contributed by atoms with E-state index in [1.54, 1.807) is 17.8 Å². The first-order chi connectivity index (χ1) is 14.3. The molecule has 1 fully saturated rings. The first-order valence-corrected chi connectivity index (χ1v) is 11.8. The topological polar surface area (TPSA) is 98.6 Å². The van der Waals surface area contributed by atoms with Crippen LogP contribution in [0.4, 0.5) is 0 Å². The molecule has 0 aliphatic carbocycles. The van der Waals surface area contributed by atoms with Crippen LogP contribution in [0.2, 0.25) is 0 Å². The SMILES string of the molecule is Cc1nn(C)c2sc(C(=O)OCC(=O)c3ccc(S(=O)(=O)N4CCCC4)cc3)cc12. The monoisotopic (exact) mass is 447 g/mol. The minimum Gasteiger partial charge on any atom is -0.453 e. The number of fused-ring (bicyclic) bond motifs is 1. The Morgan fingerprint density at radius 2 is 1.83 bits per heavy atom. The van der Waals surface area contributed by atoms with Crippen molar-refractivity contribution in [3.8, 4) is 0 Å². The molecule has 0 N–H and O–H groups in total. The van der Waals surface area contributed by atoms with E-state index in [9.17, 15) is 18.0 Å². The Kier molecular flexibility index (Phi) is 5.48. The molecule has 158 valence electrons. The summed E-state index contributed by atoms with van der Waals surface area (Å²) in [5.74, 6) is -0.968. The summed E-state index contributed by atoms with van der Waals surface area (Å²) in [6, 6.07) is 7.46. The average Bonchev–Trinajstić information content (AvgIpc) is 3.46. The van der Waals surface area contributed by atoms with Gasteiger partial charge in [0.2, 0.25) is 10.0 Å². The molecule has 0 amide bonds. The summed E-state index contributed by atoms with van der Waals surface area (Å²) in [5.41, 5.74) is 1.11. The lowest BCUT2D eigenvalue weighted by Crippen LogP contribution is -2.27. The third-order valence-electron chi connectivity index (χ3n) is 5.11. The number of aromatic nitrogens is 2. The molecule has 1 aliphatic heterocycles. The summed E-state index contributed by atoms with van der Waals surface area (Å²) in [6.45, 7) is 2.49. The van der Waals surface area contributed by atoms with Gasteiger partial charge in [-0.3, -0.25) is 9.48 Å². The molecular weight excluding hydrogens is 426 g/mol. The summed E-state index contributed by atoms with van der Waals surface area (Å²) in [7, 11) is -1.72. The lowest BCUT2D eigenvalue weighted by molar-refractivity contribution is 0.0479. The highest BCUT2D eigenvalue weighted by Crippen LogP contribution is 2.28. The molecule has 0 spiro atoms. The maximum absolute atomic E-state index is 12.6. The molecule has 1 saturated heterocycles. The molecule has 0 bridgehead atoms. The van der Waals surface area contributed by atoms with Gasteiger partial charge in [0.15, 0.2) is 12.4 Å². The van der Waals surface area contributed by atoms with Crippen molar-refractivity contribution in [3.63, 3.8) is 0 Å². The summed E-state index contributed by atoms with van der Waals surface area (Å²) in [6.07, 6.45) is 1.72. The molecule has 8 nitrogen and oxygen atoms in total. The lowest BCUT2D eigenvalue weighted by Gasteiger charge is -2.15. The fourth-order valence-corrected chi connectivity index (χ4v) is 6.02. The third kappa shape index (κ3) is 3.78. The van der Waals surface area contributed by atoms with Gasteiger partial charge < -0.3 is 4.74 Å². The number of hydrogen-bond donors (Lipinski definition) is 0. The van der Waals surface area contributed by atoms with Gasteiger partial charge in [-0.05, 0) is 50.1 Å². The number of ether oxygens (including phenoxy) is 1. The first-order valence-electron chi connectivity index (χ1n) is 9.51. The second-order valence-electron chi connectivity index (χ2n) is 7.17. The number of nitrogens with zero attached hydrogens (tertiary/aromatic N) is 3. The van der Waals surface area contributed by atoms with Gasteiger partial charge in [0.25, 0.3) is 0 Å². The molecule has 3 aromatic rings. The summed E-state index contributed by atoms with van der Waals surface area (Å²) in [5, 5.41) is 5.17. The number of Topliss-reactive ketones (excluding diaryl/α,β-unsaturated/α-hetero) is 1. The second-order valence-corrected chi connectivity index (χ2v) is 10.1. The van der Waals surface area contributed by atoms with E-state index < -0.39 is 28.4 Å². The van der Waals surface area contributed by atoms with Gasteiger partial charge in [-0.2, -0.15) is 9.40 Å². The van der Waals surface area contributed by atoms with Crippen LogP contribution < -0.4 is 0 Å². The lowest BCUT2D eigenvalue weighted by atomic mass is 10.1. The largest absolute Gasteiger partial charge is 0.453 e. The van der Waals surface area contributed by atoms with Crippen LogP contribution in [0.1, 0.15) is 38.6 Å². The second kappa shape index (κ2) is 7.93. The number of aryl methyl sites for hydroxylation is 2.